The van der Waals surface area contributed by atoms with Crippen molar-refractivity contribution in [1.29, 1.82) is 0 Å². The van der Waals surface area contributed by atoms with Crippen LogP contribution in [0.5, 0.6) is 0 Å². The molecule has 21 heavy (non-hydrogen) atoms. The Morgan fingerprint density at radius 1 is 1.19 bits per heavy atom. The monoisotopic (exact) mass is 321 g/mol. The number of carbonyl (C=O) groups excluding carboxylic acids is 1. The molecule has 0 heterocycles. The van der Waals surface area contributed by atoms with Crippen molar-refractivity contribution in [3.8, 4) is 0 Å². The van der Waals surface area contributed by atoms with Crippen LogP contribution in [0.25, 0.3) is 0 Å². The van der Waals surface area contributed by atoms with Gasteiger partial charge in [0.2, 0.25) is 0 Å². The van der Waals surface area contributed by atoms with Crippen molar-refractivity contribution in [3.63, 3.8) is 0 Å². The number of amides is 1. The molecular formula is C13H27N3O4S. The predicted molar refractivity (Wildman–Crippen MR) is 81.1 cm³/mol. The molecule has 0 bridgehead atoms. The van der Waals surface area contributed by atoms with E-state index in [9.17, 15) is 13.2 Å². The van der Waals surface area contributed by atoms with Gasteiger partial charge in [-0.2, -0.15) is 13.1 Å². The molecule has 0 spiro atoms. The lowest BCUT2D eigenvalue weighted by Gasteiger charge is -2.29. The van der Waals surface area contributed by atoms with Gasteiger partial charge in [-0.15, -0.1) is 0 Å². The fourth-order valence-electron chi connectivity index (χ4n) is 2.36. The molecule has 0 atom stereocenters. The second kappa shape index (κ2) is 8.55. The third-order valence-electron chi connectivity index (χ3n) is 3.29. The quantitative estimate of drug-likeness (QED) is 0.656. The summed E-state index contributed by atoms with van der Waals surface area (Å²) in [5.74, 6) is 0. The molecule has 0 unspecified atom stereocenters. The van der Waals surface area contributed by atoms with Gasteiger partial charge < -0.3 is 10.1 Å². The summed E-state index contributed by atoms with van der Waals surface area (Å²) in [6, 6.07) is 0.332. The molecule has 0 aromatic rings. The molecule has 7 nitrogen and oxygen atoms in total. The van der Waals surface area contributed by atoms with Gasteiger partial charge in [0.1, 0.15) is 0 Å². The Morgan fingerprint density at radius 3 is 2.29 bits per heavy atom. The first-order chi connectivity index (χ1) is 9.82. The van der Waals surface area contributed by atoms with E-state index in [1.165, 1.54) is 0 Å². The molecule has 3 N–H and O–H groups in total. The zero-order chi connectivity index (χ0) is 15.9. The van der Waals surface area contributed by atoms with Crippen LogP contribution in [0.1, 0.15) is 52.9 Å². The molecule has 0 saturated heterocycles. The van der Waals surface area contributed by atoms with Crippen LogP contribution < -0.4 is 14.8 Å². The topological polar surface area (TPSA) is 96.5 Å². The molecule has 1 aliphatic rings. The summed E-state index contributed by atoms with van der Waals surface area (Å²) < 4.78 is 32.7. The summed E-state index contributed by atoms with van der Waals surface area (Å²) in [6.45, 7) is 6.42. The summed E-state index contributed by atoms with van der Waals surface area (Å²) in [5.41, 5.74) is 0. The van der Waals surface area contributed by atoms with Crippen LogP contribution in [0, 0.1) is 0 Å². The number of carbonyl (C=O) groups is 1. The standard InChI is InChI=1S/C13H27N3O4S/c1-4-9-14-11-5-7-12(8-6-11)15-21(18,19)16-13(17)20-10(2)3/h10-12,14-15H,4-9H2,1-3H3,(H,16,17). The zero-order valence-electron chi connectivity index (χ0n) is 13.0. The summed E-state index contributed by atoms with van der Waals surface area (Å²) >= 11 is 0. The fourth-order valence-corrected chi connectivity index (χ4v) is 3.36. The van der Waals surface area contributed by atoms with Crippen LogP contribution in [0.2, 0.25) is 0 Å². The Hall–Kier alpha value is -0.860. The van der Waals surface area contributed by atoms with Gasteiger partial charge in [0, 0.05) is 12.1 Å². The maximum atomic E-state index is 11.8. The zero-order valence-corrected chi connectivity index (χ0v) is 13.8. The van der Waals surface area contributed by atoms with Gasteiger partial charge >= 0.3 is 16.3 Å². The minimum Gasteiger partial charge on any atom is -0.446 e. The van der Waals surface area contributed by atoms with Crippen molar-refractivity contribution < 1.29 is 17.9 Å². The first kappa shape index (κ1) is 18.2. The van der Waals surface area contributed by atoms with Gasteiger partial charge in [-0.25, -0.2) is 9.52 Å². The lowest BCUT2D eigenvalue weighted by atomic mass is 9.92. The highest BCUT2D eigenvalue weighted by molar-refractivity contribution is 7.88. The predicted octanol–water partition coefficient (Wildman–Crippen LogP) is 1.27. The lowest BCUT2D eigenvalue weighted by Crippen LogP contribution is -2.48. The van der Waals surface area contributed by atoms with Crippen molar-refractivity contribution in [2.75, 3.05) is 6.54 Å². The van der Waals surface area contributed by atoms with Crippen molar-refractivity contribution >= 4 is 16.3 Å². The maximum absolute atomic E-state index is 11.8. The highest BCUT2D eigenvalue weighted by Crippen LogP contribution is 2.19. The summed E-state index contributed by atoms with van der Waals surface area (Å²) in [4.78, 5) is 11.3. The van der Waals surface area contributed by atoms with Crippen LogP contribution in [-0.4, -0.2) is 39.2 Å². The van der Waals surface area contributed by atoms with E-state index in [-0.39, 0.29) is 12.1 Å². The molecule has 0 radical (unpaired) electrons. The van der Waals surface area contributed by atoms with Crippen molar-refractivity contribution in [3.05, 3.63) is 0 Å². The SMILES string of the molecule is CCCNC1CCC(NS(=O)(=O)NC(=O)OC(C)C)CC1. The molecular weight excluding hydrogens is 294 g/mol. The van der Waals surface area contributed by atoms with Crippen molar-refractivity contribution in [1.82, 2.24) is 14.8 Å². The molecule has 1 saturated carbocycles. The number of ether oxygens (including phenoxy) is 1. The maximum Gasteiger partial charge on any atom is 0.422 e. The van der Waals surface area contributed by atoms with Crippen LogP contribution in [0.15, 0.2) is 0 Å². The van der Waals surface area contributed by atoms with Gasteiger partial charge in [-0.05, 0) is 52.5 Å². The van der Waals surface area contributed by atoms with Gasteiger partial charge in [0.05, 0.1) is 6.10 Å². The molecule has 0 aliphatic heterocycles. The Kier molecular flexibility index (Phi) is 7.41. The van der Waals surface area contributed by atoms with Crippen molar-refractivity contribution in [2.45, 2.75) is 71.1 Å². The Balaban J connectivity index is 2.35. The van der Waals surface area contributed by atoms with E-state index in [0.717, 1.165) is 38.6 Å². The van der Waals surface area contributed by atoms with Gasteiger partial charge in [0.15, 0.2) is 0 Å². The summed E-state index contributed by atoms with van der Waals surface area (Å²) in [7, 11) is -3.86. The van der Waals surface area contributed by atoms with Crippen LogP contribution in [0.3, 0.4) is 0 Å². The van der Waals surface area contributed by atoms with E-state index >= 15 is 0 Å². The third-order valence-corrected chi connectivity index (χ3v) is 4.37. The molecule has 1 fully saturated rings. The molecule has 1 rings (SSSR count). The summed E-state index contributed by atoms with van der Waals surface area (Å²) in [6.07, 6.45) is 3.18. The first-order valence-corrected chi connectivity index (χ1v) is 9.04. The van der Waals surface area contributed by atoms with E-state index in [1.807, 2.05) is 4.72 Å². The van der Waals surface area contributed by atoms with Crippen LogP contribution in [-0.2, 0) is 14.9 Å². The normalized spacial score (nSPS) is 23.0. The molecule has 124 valence electrons. The Morgan fingerprint density at radius 2 is 1.76 bits per heavy atom. The van der Waals surface area contributed by atoms with E-state index in [0.29, 0.717) is 6.04 Å². The largest absolute Gasteiger partial charge is 0.446 e. The van der Waals surface area contributed by atoms with Crippen LogP contribution >= 0.6 is 0 Å². The number of nitrogens with one attached hydrogen (secondary N) is 3. The number of hydrogen-bond acceptors (Lipinski definition) is 5. The first-order valence-electron chi connectivity index (χ1n) is 7.56. The van der Waals surface area contributed by atoms with E-state index in [2.05, 4.69) is 17.0 Å². The van der Waals surface area contributed by atoms with Gasteiger partial charge in [-0.1, -0.05) is 6.92 Å². The van der Waals surface area contributed by atoms with Crippen LogP contribution in [0.4, 0.5) is 4.79 Å². The minimum atomic E-state index is -3.86. The number of hydrogen-bond donors (Lipinski definition) is 3. The molecule has 1 amide bonds. The average molecular weight is 321 g/mol. The smallest absolute Gasteiger partial charge is 0.422 e. The third kappa shape index (κ3) is 7.63. The fraction of sp³-hybridized carbons (Fsp3) is 0.923. The van der Waals surface area contributed by atoms with Crippen molar-refractivity contribution in [2.24, 2.45) is 0 Å². The van der Waals surface area contributed by atoms with E-state index < -0.39 is 16.3 Å². The van der Waals surface area contributed by atoms with Gasteiger partial charge in [-0.3, -0.25) is 0 Å². The van der Waals surface area contributed by atoms with E-state index in [1.54, 1.807) is 13.8 Å². The Labute approximate surface area is 127 Å². The number of rotatable bonds is 7. The molecule has 0 aromatic heterocycles. The Bertz CT molecular complexity index is 417. The van der Waals surface area contributed by atoms with Gasteiger partial charge in [0.25, 0.3) is 0 Å². The second-order valence-electron chi connectivity index (χ2n) is 5.68. The van der Waals surface area contributed by atoms with E-state index in [4.69, 9.17) is 4.74 Å². The summed E-state index contributed by atoms with van der Waals surface area (Å²) in [5, 5.41) is 3.44. The molecule has 8 heteroatoms. The average Bonchev–Trinajstić information content (AvgIpc) is 2.35. The lowest BCUT2D eigenvalue weighted by molar-refractivity contribution is 0.121. The highest BCUT2D eigenvalue weighted by atomic mass is 32.2. The molecule has 0 aromatic carbocycles. The highest BCUT2D eigenvalue weighted by Gasteiger charge is 2.25. The minimum absolute atomic E-state index is 0.131. The second-order valence-corrected chi connectivity index (χ2v) is 7.13. The molecule has 1 aliphatic carbocycles.